The third kappa shape index (κ3) is 5.69. The topological polar surface area (TPSA) is 43.7 Å². The van der Waals surface area contributed by atoms with E-state index in [2.05, 4.69) is 78.6 Å². The van der Waals surface area contributed by atoms with E-state index in [1.807, 2.05) is 54.6 Å². The zero-order valence-electron chi connectivity index (χ0n) is 21.6. The van der Waals surface area contributed by atoms with Crippen LogP contribution < -0.4 is 4.90 Å². The molecule has 0 saturated carbocycles. The van der Waals surface area contributed by atoms with Crippen LogP contribution in [0, 0.1) is 6.92 Å². The van der Waals surface area contributed by atoms with Gasteiger partial charge >= 0.3 is 0 Å². The number of hydrogen-bond donors (Lipinski definition) is 2. The molecule has 0 aliphatic heterocycles. The lowest BCUT2D eigenvalue weighted by atomic mass is 9.95. The quantitative estimate of drug-likeness (QED) is 0.221. The standard InChI is InChI=1S/C35H31NO2/c1-25-8-16-31(17-9-25)36(33-20-12-28(13-21-33)26(2)37)32-18-10-27(11-19-32)24-35(29-6-4-3-5-7-29)30-14-22-34(38)23-15-30/h3-24,26,37-38H,1-2H3. The van der Waals surface area contributed by atoms with Crippen molar-refractivity contribution in [2.24, 2.45) is 0 Å². The summed E-state index contributed by atoms with van der Waals surface area (Å²) in [6, 6.07) is 42.7. The number of anilines is 3. The Kier molecular flexibility index (Phi) is 7.39. The van der Waals surface area contributed by atoms with Gasteiger partial charge in [-0.2, -0.15) is 0 Å². The van der Waals surface area contributed by atoms with Crippen molar-refractivity contribution >= 4 is 28.7 Å². The first-order valence-corrected chi connectivity index (χ1v) is 12.8. The molecular formula is C35H31NO2. The maximum atomic E-state index is 9.97. The minimum atomic E-state index is -0.504. The van der Waals surface area contributed by atoms with Crippen LogP contribution in [-0.4, -0.2) is 10.2 Å². The average Bonchev–Trinajstić information content (AvgIpc) is 2.95. The lowest BCUT2D eigenvalue weighted by molar-refractivity contribution is 0.199. The van der Waals surface area contributed by atoms with E-state index in [1.165, 1.54) is 5.56 Å². The third-order valence-corrected chi connectivity index (χ3v) is 6.65. The zero-order valence-corrected chi connectivity index (χ0v) is 21.6. The van der Waals surface area contributed by atoms with Gasteiger partial charge in [-0.1, -0.05) is 84.4 Å². The van der Waals surface area contributed by atoms with Crippen LogP contribution in [0.3, 0.4) is 0 Å². The first-order valence-electron chi connectivity index (χ1n) is 12.8. The Hall–Kier alpha value is -4.60. The van der Waals surface area contributed by atoms with Crippen LogP contribution in [0.5, 0.6) is 5.75 Å². The molecular weight excluding hydrogens is 466 g/mol. The highest BCUT2D eigenvalue weighted by atomic mass is 16.3. The molecule has 3 heteroatoms. The normalized spacial score (nSPS) is 12.2. The number of phenolic OH excluding ortho intramolecular Hbond substituents is 1. The Morgan fingerprint density at radius 1 is 0.632 bits per heavy atom. The number of phenols is 1. The van der Waals surface area contributed by atoms with Crippen molar-refractivity contribution in [3.63, 3.8) is 0 Å². The second-order valence-corrected chi connectivity index (χ2v) is 9.50. The highest BCUT2D eigenvalue weighted by Gasteiger charge is 2.13. The van der Waals surface area contributed by atoms with E-state index in [1.54, 1.807) is 19.1 Å². The average molecular weight is 498 g/mol. The lowest BCUT2D eigenvalue weighted by Crippen LogP contribution is -2.10. The summed E-state index contributed by atoms with van der Waals surface area (Å²) < 4.78 is 0. The number of benzene rings is 5. The summed E-state index contributed by atoms with van der Waals surface area (Å²) in [5, 5.41) is 19.8. The largest absolute Gasteiger partial charge is 0.508 e. The predicted octanol–water partition coefficient (Wildman–Crippen LogP) is 8.81. The van der Waals surface area contributed by atoms with Gasteiger partial charge in [0, 0.05) is 17.1 Å². The molecule has 0 aromatic heterocycles. The van der Waals surface area contributed by atoms with Gasteiger partial charge in [-0.15, -0.1) is 0 Å². The Labute approximate surface area is 224 Å². The number of hydrogen-bond acceptors (Lipinski definition) is 3. The number of aliphatic hydroxyl groups excluding tert-OH is 1. The van der Waals surface area contributed by atoms with Crippen molar-refractivity contribution in [2.45, 2.75) is 20.0 Å². The highest BCUT2D eigenvalue weighted by molar-refractivity contribution is 5.92. The number of nitrogens with zero attached hydrogens (tertiary/aromatic N) is 1. The Bertz CT molecular complexity index is 1500. The van der Waals surface area contributed by atoms with Crippen LogP contribution in [0.2, 0.25) is 0 Å². The first-order chi connectivity index (χ1) is 18.5. The third-order valence-electron chi connectivity index (χ3n) is 6.65. The van der Waals surface area contributed by atoms with E-state index in [4.69, 9.17) is 0 Å². The van der Waals surface area contributed by atoms with E-state index in [-0.39, 0.29) is 5.75 Å². The molecule has 1 atom stereocenters. The minimum Gasteiger partial charge on any atom is -0.508 e. The summed E-state index contributed by atoms with van der Waals surface area (Å²) in [6.07, 6.45) is 1.68. The van der Waals surface area contributed by atoms with Crippen molar-refractivity contribution in [1.29, 1.82) is 0 Å². The summed E-state index contributed by atoms with van der Waals surface area (Å²) in [7, 11) is 0. The fourth-order valence-electron chi connectivity index (χ4n) is 4.52. The molecule has 38 heavy (non-hydrogen) atoms. The van der Waals surface area contributed by atoms with Crippen molar-refractivity contribution in [3.05, 3.63) is 155 Å². The molecule has 0 amide bonds. The summed E-state index contributed by atoms with van der Waals surface area (Å²) in [5.41, 5.74) is 9.55. The SMILES string of the molecule is Cc1ccc(N(c2ccc(C=C(c3ccccc3)c3ccc(O)cc3)cc2)c2ccc(C(C)O)cc2)cc1. The zero-order chi connectivity index (χ0) is 26.5. The molecule has 0 fully saturated rings. The van der Waals surface area contributed by atoms with Gasteiger partial charge in [-0.3, -0.25) is 0 Å². The molecule has 0 saturated heterocycles. The molecule has 0 heterocycles. The van der Waals surface area contributed by atoms with Crippen LogP contribution in [-0.2, 0) is 0 Å². The molecule has 0 spiro atoms. The molecule has 2 N–H and O–H groups in total. The maximum Gasteiger partial charge on any atom is 0.115 e. The van der Waals surface area contributed by atoms with Crippen molar-refractivity contribution in [1.82, 2.24) is 0 Å². The molecule has 5 aromatic carbocycles. The predicted molar refractivity (Wildman–Crippen MR) is 158 cm³/mol. The summed E-state index contributed by atoms with van der Waals surface area (Å²) in [6.45, 7) is 3.87. The Morgan fingerprint density at radius 2 is 1.13 bits per heavy atom. The highest BCUT2D eigenvalue weighted by Crippen LogP contribution is 2.36. The van der Waals surface area contributed by atoms with Gasteiger partial charge in [0.1, 0.15) is 5.75 Å². The van der Waals surface area contributed by atoms with E-state index in [0.29, 0.717) is 0 Å². The van der Waals surface area contributed by atoms with Gasteiger partial charge in [-0.05, 0) is 96.3 Å². The molecule has 188 valence electrons. The Balaban J connectivity index is 1.54. The van der Waals surface area contributed by atoms with Gasteiger partial charge in [0.05, 0.1) is 6.10 Å². The van der Waals surface area contributed by atoms with E-state index in [9.17, 15) is 10.2 Å². The van der Waals surface area contributed by atoms with E-state index >= 15 is 0 Å². The number of aryl methyl sites for hydroxylation is 1. The van der Waals surface area contributed by atoms with Gasteiger partial charge in [-0.25, -0.2) is 0 Å². The van der Waals surface area contributed by atoms with Crippen LogP contribution in [0.25, 0.3) is 11.6 Å². The summed E-state index contributed by atoms with van der Waals surface area (Å²) in [5.74, 6) is 0.253. The first kappa shape index (κ1) is 25.1. The maximum absolute atomic E-state index is 9.97. The van der Waals surface area contributed by atoms with Crippen LogP contribution >= 0.6 is 0 Å². The number of rotatable bonds is 7. The number of aliphatic hydroxyl groups is 1. The van der Waals surface area contributed by atoms with Crippen molar-refractivity contribution in [3.8, 4) is 5.75 Å². The second kappa shape index (κ2) is 11.2. The van der Waals surface area contributed by atoms with Crippen LogP contribution in [0.1, 0.15) is 40.8 Å². The van der Waals surface area contributed by atoms with Crippen LogP contribution in [0.4, 0.5) is 17.1 Å². The number of aromatic hydroxyl groups is 1. The second-order valence-electron chi connectivity index (χ2n) is 9.50. The molecule has 0 radical (unpaired) electrons. The van der Waals surface area contributed by atoms with Crippen molar-refractivity contribution in [2.75, 3.05) is 4.90 Å². The van der Waals surface area contributed by atoms with E-state index in [0.717, 1.165) is 44.9 Å². The van der Waals surface area contributed by atoms with Crippen LogP contribution in [0.15, 0.2) is 127 Å². The van der Waals surface area contributed by atoms with Gasteiger partial charge in [0.25, 0.3) is 0 Å². The van der Waals surface area contributed by atoms with Gasteiger partial charge in [0.15, 0.2) is 0 Å². The Morgan fingerprint density at radius 3 is 1.68 bits per heavy atom. The molecule has 0 bridgehead atoms. The molecule has 5 aromatic rings. The fourth-order valence-corrected chi connectivity index (χ4v) is 4.52. The van der Waals surface area contributed by atoms with Crippen molar-refractivity contribution < 1.29 is 10.2 Å². The minimum absolute atomic E-state index is 0.253. The molecule has 3 nitrogen and oxygen atoms in total. The summed E-state index contributed by atoms with van der Waals surface area (Å²) in [4.78, 5) is 2.22. The molecule has 1 unspecified atom stereocenters. The smallest absolute Gasteiger partial charge is 0.115 e. The lowest BCUT2D eigenvalue weighted by Gasteiger charge is -2.26. The summed E-state index contributed by atoms with van der Waals surface area (Å²) >= 11 is 0. The van der Waals surface area contributed by atoms with E-state index < -0.39 is 6.10 Å². The van der Waals surface area contributed by atoms with Gasteiger partial charge in [0.2, 0.25) is 0 Å². The fraction of sp³-hybridized carbons (Fsp3) is 0.0857. The molecule has 5 rings (SSSR count). The molecule has 0 aliphatic rings. The monoisotopic (exact) mass is 497 g/mol. The molecule has 0 aliphatic carbocycles. The van der Waals surface area contributed by atoms with Gasteiger partial charge < -0.3 is 15.1 Å².